The molecule has 2 nitrogen and oxygen atoms in total. The quantitative estimate of drug-likeness (QED) is 0.889. The van der Waals surface area contributed by atoms with E-state index in [1.807, 2.05) is 0 Å². The van der Waals surface area contributed by atoms with Gasteiger partial charge in [0.15, 0.2) is 0 Å². The van der Waals surface area contributed by atoms with Gasteiger partial charge in [-0.15, -0.1) is 0 Å². The fourth-order valence-electron chi connectivity index (χ4n) is 3.37. The molecule has 2 heteroatoms. The van der Waals surface area contributed by atoms with Crippen molar-refractivity contribution in [3.05, 3.63) is 29.3 Å². The maximum absolute atomic E-state index is 3.68. The first-order valence-corrected chi connectivity index (χ1v) is 8.61. The van der Waals surface area contributed by atoms with Crippen molar-refractivity contribution in [2.75, 3.05) is 18.0 Å². The Morgan fingerprint density at radius 1 is 1.19 bits per heavy atom. The van der Waals surface area contributed by atoms with E-state index in [1.165, 1.54) is 62.0 Å². The Morgan fingerprint density at radius 3 is 2.76 bits per heavy atom. The molecule has 2 fully saturated rings. The highest BCUT2D eigenvalue weighted by Crippen LogP contribution is 2.33. The normalized spacial score (nSPS) is 22.1. The lowest BCUT2D eigenvalue weighted by molar-refractivity contribution is 0.325. The maximum Gasteiger partial charge on any atom is 0.0412 e. The van der Waals surface area contributed by atoms with Crippen molar-refractivity contribution in [3.63, 3.8) is 0 Å². The molecule has 0 aromatic heterocycles. The van der Waals surface area contributed by atoms with Crippen LogP contribution in [-0.2, 0) is 6.54 Å². The summed E-state index contributed by atoms with van der Waals surface area (Å²) in [6, 6.07) is 7.77. The lowest BCUT2D eigenvalue weighted by Gasteiger charge is -2.27. The van der Waals surface area contributed by atoms with Gasteiger partial charge in [0, 0.05) is 31.4 Å². The average molecular weight is 286 g/mol. The van der Waals surface area contributed by atoms with Crippen molar-refractivity contribution >= 4 is 5.69 Å². The van der Waals surface area contributed by atoms with E-state index >= 15 is 0 Å². The fourth-order valence-corrected chi connectivity index (χ4v) is 3.37. The van der Waals surface area contributed by atoms with Crippen LogP contribution in [-0.4, -0.2) is 19.1 Å². The summed E-state index contributed by atoms with van der Waals surface area (Å²) in [6.07, 6.45) is 6.69. The van der Waals surface area contributed by atoms with E-state index in [0.717, 1.165) is 12.6 Å². The maximum atomic E-state index is 3.68. The molecule has 0 radical (unpaired) electrons. The first-order chi connectivity index (χ1) is 10.0. The molecule has 3 rings (SSSR count). The van der Waals surface area contributed by atoms with Crippen molar-refractivity contribution in [2.45, 2.75) is 65.5 Å². The molecule has 0 atom stereocenters. The molecule has 21 heavy (non-hydrogen) atoms. The lowest BCUT2D eigenvalue weighted by Crippen LogP contribution is -2.27. The number of benzene rings is 1. The van der Waals surface area contributed by atoms with E-state index in [2.05, 4.69) is 49.2 Å². The molecule has 2 aliphatic rings. The van der Waals surface area contributed by atoms with Gasteiger partial charge in [-0.3, -0.25) is 0 Å². The molecule has 1 saturated heterocycles. The molecule has 0 amide bonds. The first-order valence-electron chi connectivity index (χ1n) is 8.61. The van der Waals surface area contributed by atoms with Crippen LogP contribution in [0.25, 0.3) is 0 Å². The highest BCUT2D eigenvalue weighted by molar-refractivity contribution is 5.55. The second kappa shape index (κ2) is 6.00. The van der Waals surface area contributed by atoms with Gasteiger partial charge in [-0.05, 0) is 56.1 Å². The molecule has 0 bridgehead atoms. The number of rotatable bonds is 4. The monoisotopic (exact) mass is 286 g/mol. The summed E-state index contributed by atoms with van der Waals surface area (Å²) in [7, 11) is 0. The lowest BCUT2D eigenvalue weighted by atomic mass is 9.85. The predicted molar refractivity (Wildman–Crippen MR) is 90.9 cm³/mol. The molecular formula is C19H30N2. The predicted octanol–water partition coefficient (Wildman–Crippen LogP) is 4.26. The summed E-state index contributed by atoms with van der Waals surface area (Å²) in [5, 5.41) is 3.68. The Morgan fingerprint density at radius 2 is 2.00 bits per heavy atom. The molecule has 1 N–H and O–H groups in total. The van der Waals surface area contributed by atoms with E-state index in [-0.39, 0.29) is 0 Å². The van der Waals surface area contributed by atoms with Gasteiger partial charge in [-0.1, -0.05) is 31.5 Å². The van der Waals surface area contributed by atoms with Crippen LogP contribution < -0.4 is 10.2 Å². The van der Waals surface area contributed by atoms with E-state index < -0.39 is 0 Å². The molecule has 1 aliphatic heterocycles. The van der Waals surface area contributed by atoms with Crippen molar-refractivity contribution in [2.24, 2.45) is 5.41 Å². The Labute approximate surface area is 129 Å². The first kappa shape index (κ1) is 14.9. The smallest absolute Gasteiger partial charge is 0.0412 e. The van der Waals surface area contributed by atoms with E-state index in [9.17, 15) is 0 Å². The SMILES string of the molecule is Cc1ccc(N2CCCC(C)(C)CC2)c(CNC2CC2)c1. The fraction of sp³-hybridized carbons (Fsp3) is 0.684. The third-order valence-electron chi connectivity index (χ3n) is 5.07. The van der Waals surface area contributed by atoms with E-state index in [1.54, 1.807) is 0 Å². The van der Waals surface area contributed by atoms with Crippen LogP contribution in [0.15, 0.2) is 18.2 Å². The van der Waals surface area contributed by atoms with Gasteiger partial charge in [0.25, 0.3) is 0 Å². The highest BCUT2D eigenvalue weighted by atomic mass is 15.1. The third-order valence-corrected chi connectivity index (χ3v) is 5.07. The van der Waals surface area contributed by atoms with Gasteiger partial charge in [-0.25, -0.2) is 0 Å². The van der Waals surface area contributed by atoms with Gasteiger partial charge in [0.1, 0.15) is 0 Å². The minimum Gasteiger partial charge on any atom is -0.371 e. The number of anilines is 1. The number of hydrogen-bond acceptors (Lipinski definition) is 2. The zero-order chi connectivity index (χ0) is 14.9. The molecule has 1 heterocycles. The summed E-state index contributed by atoms with van der Waals surface area (Å²) < 4.78 is 0. The third kappa shape index (κ3) is 4.00. The Bertz CT molecular complexity index is 488. The average Bonchev–Trinajstić information content (AvgIpc) is 3.25. The standard InChI is InChI=1S/C19H30N2/c1-15-5-8-18(16(13-15)14-20-17-6-7-17)21-11-4-9-19(2,3)10-12-21/h5,8,13,17,20H,4,6-7,9-12,14H2,1-3H3. The van der Waals surface area contributed by atoms with Crippen LogP contribution in [0.2, 0.25) is 0 Å². The van der Waals surface area contributed by atoms with Crippen molar-refractivity contribution in [1.29, 1.82) is 0 Å². The van der Waals surface area contributed by atoms with Crippen LogP contribution in [0, 0.1) is 12.3 Å². The summed E-state index contributed by atoms with van der Waals surface area (Å²) in [4.78, 5) is 2.62. The summed E-state index contributed by atoms with van der Waals surface area (Å²) >= 11 is 0. The molecular weight excluding hydrogens is 256 g/mol. The Kier molecular flexibility index (Phi) is 4.26. The molecule has 1 saturated carbocycles. The number of nitrogens with zero attached hydrogens (tertiary/aromatic N) is 1. The van der Waals surface area contributed by atoms with Crippen molar-refractivity contribution in [3.8, 4) is 0 Å². The molecule has 0 spiro atoms. The Balaban J connectivity index is 1.76. The van der Waals surface area contributed by atoms with Gasteiger partial charge in [-0.2, -0.15) is 0 Å². The second-order valence-corrected chi connectivity index (χ2v) is 7.79. The number of hydrogen-bond donors (Lipinski definition) is 1. The van der Waals surface area contributed by atoms with E-state index in [0.29, 0.717) is 5.41 Å². The van der Waals surface area contributed by atoms with Crippen LogP contribution in [0.3, 0.4) is 0 Å². The molecule has 1 aromatic rings. The largest absolute Gasteiger partial charge is 0.371 e. The van der Waals surface area contributed by atoms with Crippen LogP contribution >= 0.6 is 0 Å². The molecule has 116 valence electrons. The zero-order valence-electron chi connectivity index (χ0n) is 13.9. The number of aryl methyl sites for hydroxylation is 1. The Hall–Kier alpha value is -1.02. The van der Waals surface area contributed by atoms with Gasteiger partial charge in [0.05, 0.1) is 0 Å². The van der Waals surface area contributed by atoms with E-state index in [4.69, 9.17) is 0 Å². The van der Waals surface area contributed by atoms with Crippen molar-refractivity contribution in [1.82, 2.24) is 5.32 Å². The molecule has 1 aromatic carbocycles. The minimum atomic E-state index is 0.506. The van der Waals surface area contributed by atoms with Crippen LogP contribution in [0.4, 0.5) is 5.69 Å². The zero-order valence-corrected chi connectivity index (χ0v) is 13.9. The minimum absolute atomic E-state index is 0.506. The summed E-state index contributed by atoms with van der Waals surface area (Å²) in [6.45, 7) is 10.5. The summed E-state index contributed by atoms with van der Waals surface area (Å²) in [5.74, 6) is 0. The topological polar surface area (TPSA) is 15.3 Å². The second-order valence-electron chi connectivity index (χ2n) is 7.79. The van der Waals surface area contributed by atoms with Gasteiger partial charge in [0.2, 0.25) is 0 Å². The van der Waals surface area contributed by atoms with Crippen LogP contribution in [0.1, 0.15) is 57.1 Å². The summed E-state index contributed by atoms with van der Waals surface area (Å²) in [5.41, 5.74) is 4.83. The highest BCUT2D eigenvalue weighted by Gasteiger charge is 2.25. The van der Waals surface area contributed by atoms with Crippen LogP contribution in [0.5, 0.6) is 0 Å². The molecule has 1 aliphatic carbocycles. The number of nitrogens with one attached hydrogen (secondary N) is 1. The van der Waals surface area contributed by atoms with Crippen molar-refractivity contribution < 1.29 is 0 Å². The van der Waals surface area contributed by atoms with Gasteiger partial charge < -0.3 is 10.2 Å². The van der Waals surface area contributed by atoms with Gasteiger partial charge >= 0.3 is 0 Å². The molecule has 0 unspecified atom stereocenters.